The van der Waals surface area contributed by atoms with Gasteiger partial charge >= 0.3 is 0 Å². The molecule has 0 bridgehead atoms. The summed E-state index contributed by atoms with van der Waals surface area (Å²) in [6, 6.07) is 17.6. The van der Waals surface area contributed by atoms with E-state index in [0.29, 0.717) is 12.2 Å². The number of anilines is 1. The number of nitrogens with one attached hydrogen (secondary N) is 1. The lowest BCUT2D eigenvalue weighted by atomic mass is 9.99. The molecule has 22 heavy (non-hydrogen) atoms. The van der Waals surface area contributed by atoms with Crippen molar-refractivity contribution >= 4 is 16.6 Å². The first-order chi connectivity index (χ1) is 10.7. The molecule has 0 spiro atoms. The summed E-state index contributed by atoms with van der Waals surface area (Å²) in [5.74, 6) is 0. The molecule has 0 atom stereocenters. The molecule has 2 aromatic carbocycles. The van der Waals surface area contributed by atoms with Crippen molar-refractivity contribution in [2.45, 2.75) is 0 Å². The Morgan fingerprint density at radius 1 is 1.05 bits per heavy atom. The van der Waals surface area contributed by atoms with Crippen LogP contribution in [0, 0.1) is 0 Å². The highest BCUT2D eigenvalue weighted by Crippen LogP contribution is 2.33. The molecule has 3 aromatic rings. The molecule has 0 amide bonds. The Morgan fingerprint density at radius 3 is 2.45 bits per heavy atom. The summed E-state index contributed by atoms with van der Waals surface area (Å²) in [7, 11) is 1.82. The molecule has 112 valence electrons. The van der Waals surface area contributed by atoms with Gasteiger partial charge in [0.25, 0.3) is 5.56 Å². The molecule has 1 heterocycles. The molecule has 0 aliphatic heterocycles. The minimum atomic E-state index is -0.145. The lowest BCUT2D eigenvalue weighted by Crippen LogP contribution is -2.28. The number of aromatic nitrogens is 1. The van der Waals surface area contributed by atoms with Crippen LogP contribution >= 0.6 is 0 Å². The van der Waals surface area contributed by atoms with Crippen LogP contribution in [0.15, 0.2) is 59.4 Å². The second kappa shape index (κ2) is 6.03. The van der Waals surface area contributed by atoms with E-state index in [0.717, 1.165) is 22.0 Å². The third-order valence-electron chi connectivity index (χ3n) is 3.78. The number of fused-ring (bicyclic) bond motifs is 1. The number of pyridine rings is 1. The summed E-state index contributed by atoms with van der Waals surface area (Å²) in [5.41, 5.74) is 3.14. The van der Waals surface area contributed by atoms with E-state index in [4.69, 9.17) is 0 Å². The smallest absolute Gasteiger partial charge is 0.272 e. The number of H-pyrrole nitrogens is 1. The molecule has 0 saturated carbocycles. The van der Waals surface area contributed by atoms with Gasteiger partial charge in [-0.1, -0.05) is 48.5 Å². The average Bonchev–Trinajstić information content (AvgIpc) is 2.54. The number of aliphatic hydroxyl groups is 1. The van der Waals surface area contributed by atoms with Gasteiger partial charge < -0.3 is 15.0 Å². The van der Waals surface area contributed by atoms with Gasteiger partial charge in [-0.05, 0) is 11.6 Å². The lowest BCUT2D eigenvalue weighted by Gasteiger charge is -2.22. The van der Waals surface area contributed by atoms with Crippen molar-refractivity contribution in [2.75, 3.05) is 25.1 Å². The molecule has 0 saturated heterocycles. The van der Waals surface area contributed by atoms with E-state index in [1.807, 2.05) is 61.6 Å². The predicted molar refractivity (Wildman–Crippen MR) is 90.4 cm³/mol. The summed E-state index contributed by atoms with van der Waals surface area (Å²) in [4.78, 5) is 17.3. The zero-order valence-corrected chi connectivity index (χ0v) is 12.4. The van der Waals surface area contributed by atoms with Crippen LogP contribution in [0.5, 0.6) is 0 Å². The average molecular weight is 294 g/mol. The van der Waals surface area contributed by atoms with Crippen molar-refractivity contribution in [3.8, 4) is 11.1 Å². The third-order valence-corrected chi connectivity index (χ3v) is 3.78. The van der Waals surface area contributed by atoms with Gasteiger partial charge in [0, 0.05) is 30.1 Å². The second-order valence-corrected chi connectivity index (χ2v) is 5.23. The van der Waals surface area contributed by atoms with E-state index >= 15 is 0 Å². The van der Waals surface area contributed by atoms with Crippen molar-refractivity contribution < 1.29 is 5.11 Å². The highest BCUT2D eigenvalue weighted by molar-refractivity contribution is 6.00. The molecule has 0 aliphatic carbocycles. The first-order valence-corrected chi connectivity index (χ1v) is 7.25. The fourth-order valence-corrected chi connectivity index (χ4v) is 2.76. The monoisotopic (exact) mass is 294 g/mol. The van der Waals surface area contributed by atoms with Crippen LogP contribution in [0.4, 0.5) is 5.69 Å². The van der Waals surface area contributed by atoms with Crippen molar-refractivity contribution in [1.82, 2.24) is 4.98 Å². The minimum Gasteiger partial charge on any atom is -0.395 e. The van der Waals surface area contributed by atoms with E-state index in [1.54, 1.807) is 4.90 Å². The Hall–Kier alpha value is -2.59. The maximum absolute atomic E-state index is 12.6. The van der Waals surface area contributed by atoms with Gasteiger partial charge in [-0.25, -0.2) is 0 Å². The van der Waals surface area contributed by atoms with Gasteiger partial charge in [0.1, 0.15) is 5.69 Å². The van der Waals surface area contributed by atoms with Gasteiger partial charge in [0.15, 0.2) is 0 Å². The van der Waals surface area contributed by atoms with Crippen LogP contribution in [-0.4, -0.2) is 30.3 Å². The second-order valence-electron chi connectivity index (χ2n) is 5.23. The van der Waals surface area contributed by atoms with E-state index in [1.165, 1.54) is 0 Å². The molecular weight excluding hydrogens is 276 g/mol. The fraction of sp³-hybridized carbons (Fsp3) is 0.167. The number of rotatable bonds is 4. The molecule has 3 rings (SSSR count). The Morgan fingerprint density at radius 2 is 1.73 bits per heavy atom. The van der Waals surface area contributed by atoms with E-state index in [-0.39, 0.29) is 12.2 Å². The van der Waals surface area contributed by atoms with Crippen molar-refractivity contribution in [3.63, 3.8) is 0 Å². The summed E-state index contributed by atoms with van der Waals surface area (Å²) in [6.07, 6.45) is 0. The van der Waals surface area contributed by atoms with Gasteiger partial charge in [-0.3, -0.25) is 4.79 Å². The summed E-state index contributed by atoms with van der Waals surface area (Å²) in [6.45, 7) is 0.401. The molecule has 4 nitrogen and oxygen atoms in total. The molecule has 0 unspecified atom stereocenters. The quantitative estimate of drug-likeness (QED) is 0.777. The Labute approximate surface area is 128 Å². The minimum absolute atomic E-state index is 0.00298. The summed E-state index contributed by atoms with van der Waals surface area (Å²) in [5, 5.41) is 10.2. The van der Waals surface area contributed by atoms with Crippen molar-refractivity contribution in [2.24, 2.45) is 0 Å². The van der Waals surface area contributed by atoms with E-state index in [9.17, 15) is 9.90 Å². The molecule has 4 heteroatoms. The van der Waals surface area contributed by atoms with E-state index in [2.05, 4.69) is 4.98 Å². The maximum atomic E-state index is 12.6. The number of likely N-dealkylation sites (N-methyl/N-ethyl adjacent to an activating group) is 1. The van der Waals surface area contributed by atoms with Gasteiger partial charge in [0.2, 0.25) is 0 Å². The molecule has 0 aliphatic rings. The third kappa shape index (κ3) is 2.49. The normalized spacial score (nSPS) is 10.8. The number of hydrogen-bond acceptors (Lipinski definition) is 3. The summed E-state index contributed by atoms with van der Waals surface area (Å²) >= 11 is 0. The Balaban J connectivity index is 2.38. The number of hydrogen-bond donors (Lipinski definition) is 2. The van der Waals surface area contributed by atoms with Crippen LogP contribution in [0.2, 0.25) is 0 Å². The van der Waals surface area contributed by atoms with Gasteiger partial charge in [-0.2, -0.15) is 0 Å². The van der Waals surface area contributed by atoms with Gasteiger partial charge in [-0.15, -0.1) is 0 Å². The predicted octanol–water partition coefficient (Wildman–Crippen LogP) is 2.62. The van der Waals surface area contributed by atoms with Crippen LogP contribution in [0.3, 0.4) is 0 Å². The zero-order chi connectivity index (χ0) is 15.5. The van der Waals surface area contributed by atoms with Gasteiger partial charge in [0.05, 0.1) is 6.61 Å². The lowest BCUT2D eigenvalue weighted by molar-refractivity contribution is 0.304. The fourth-order valence-electron chi connectivity index (χ4n) is 2.76. The van der Waals surface area contributed by atoms with E-state index < -0.39 is 0 Å². The molecule has 0 fully saturated rings. The van der Waals surface area contributed by atoms with Crippen molar-refractivity contribution in [1.29, 1.82) is 0 Å². The number of aliphatic hydroxyl groups excluding tert-OH is 1. The largest absolute Gasteiger partial charge is 0.395 e. The highest BCUT2D eigenvalue weighted by atomic mass is 16.3. The van der Waals surface area contributed by atoms with Crippen LogP contribution in [0.1, 0.15) is 0 Å². The number of aromatic amines is 1. The standard InChI is InChI=1S/C18H18N2O2/c1-20(11-12-21)17-16(13-7-3-2-4-8-13)14-9-5-6-10-15(14)19-18(17)22/h2-10,21H,11-12H2,1H3,(H,19,22). The van der Waals surface area contributed by atoms with Crippen LogP contribution < -0.4 is 10.5 Å². The van der Waals surface area contributed by atoms with Crippen LogP contribution in [0.25, 0.3) is 22.0 Å². The molecule has 0 radical (unpaired) electrons. The molecular formula is C18H18N2O2. The Bertz CT molecular complexity index is 841. The topological polar surface area (TPSA) is 56.3 Å². The highest BCUT2D eigenvalue weighted by Gasteiger charge is 2.17. The first kappa shape index (κ1) is 14.4. The number of benzene rings is 2. The first-order valence-electron chi connectivity index (χ1n) is 7.25. The zero-order valence-electron chi connectivity index (χ0n) is 12.4. The Kier molecular flexibility index (Phi) is 3.94. The van der Waals surface area contributed by atoms with Crippen LogP contribution in [-0.2, 0) is 0 Å². The van der Waals surface area contributed by atoms with Crippen molar-refractivity contribution in [3.05, 3.63) is 65.0 Å². The molecule has 2 N–H and O–H groups in total. The maximum Gasteiger partial charge on any atom is 0.272 e. The molecule has 1 aromatic heterocycles. The SMILES string of the molecule is CN(CCO)c1c(-c2ccccc2)c2ccccc2[nH]c1=O. The number of nitrogens with zero attached hydrogens (tertiary/aromatic N) is 1. The summed E-state index contributed by atoms with van der Waals surface area (Å²) < 4.78 is 0. The number of para-hydroxylation sites is 1.